The summed E-state index contributed by atoms with van der Waals surface area (Å²) in [6.45, 7) is 1.15. The third kappa shape index (κ3) is 7.47. The van der Waals surface area contributed by atoms with Crippen LogP contribution in [0.3, 0.4) is 0 Å². The predicted molar refractivity (Wildman–Crippen MR) is 170 cm³/mol. The van der Waals surface area contributed by atoms with Gasteiger partial charge in [0.15, 0.2) is 0 Å². The van der Waals surface area contributed by atoms with Crippen LogP contribution in [-0.4, -0.2) is 49.1 Å². The maximum absolute atomic E-state index is 13.7. The Kier molecular flexibility index (Phi) is 9.82. The van der Waals surface area contributed by atoms with Crippen LogP contribution in [0.5, 0.6) is 5.75 Å². The number of ether oxygens (including phenoxy) is 1. The van der Waals surface area contributed by atoms with Crippen LogP contribution in [0.4, 0.5) is 11.4 Å². The van der Waals surface area contributed by atoms with E-state index in [9.17, 15) is 14.7 Å². The van der Waals surface area contributed by atoms with Crippen LogP contribution < -0.4 is 20.3 Å². The number of amides is 2. The van der Waals surface area contributed by atoms with Gasteiger partial charge >= 0.3 is 0 Å². The smallest absolute Gasteiger partial charge is 0.269 e. The number of carbonyl (C=O) groups excluding carboxylic acids is 2. The second-order valence-electron chi connectivity index (χ2n) is 10.3. The van der Waals surface area contributed by atoms with Crippen LogP contribution in [-0.2, 0) is 22.6 Å². The molecule has 1 aliphatic heterocycles. The minimum atomic E-state index is -1.11. The second-order valence-corrected chi connectivity index (χ2v) is 10.3. The molecule has 2 amide bonds. The summed E-state index contributed by atoms with van der Waals surface area (Å²) in [4.78, 5) is 33.6. The van der Waals surface area contributed by atoms with E-state index in [1.165, 1.54) is 0 Å². The summed E-state index contributed by atoms with van der Waals surface area (Å²) in [5, 5.41) is 15.6. The Morgan fingerprint density at radius 2 is 1.65 bits per heavy atom. The number of hydrogen-bond donors (Lipinski definition) is 3. The molecule has 3 N–H and O–H groups in total. The van der Waals surface area contributed by atoms with Crippen LogP contribution in [0.1, 0.15) is 35.1 Å². The zero-order valence-corrected chi connectivity index (χ0v) is 24.2. The number of aryl methyl sites for hydroxylation is 1. The Morgan fingerprint density at radius 3 is 2.35 bits per heavy atom. The molecule has 1 atom stereocenters. The molecule has 0 fully saturated rings. The molecule has 5 rings (SSSR count). The van der Waals surface area contributed by atoms with Crippen molar-refractivity contribution in [3.05, 3.63) is 125 Å². The van der Waals surface area contributed by atoms with Gasteiger partial charge in [0.1, 0.15) is 5.75 Å². The van der Waals surface area contributed by atoms with Gasteiger partial charge in [-0.1, -0.05) is 84.9 Å². The molecule has 1 aliphatic rings. The van der Waals surface area contributed by atoms with Crippen molar-refractivity contribution >= 4 is 28.9 Å². The van der Waals surface area contributed by atoms with E-state index < -0.39 is 12.1 Å². The first kappa shape index (κ1) is 29.5. The van der Waals surface area contributed by atoms with E-state index in [0.29, 0.717) is 37.3 Å². The number of hydrogen-bond acceptors (Lipinski definition) is 6. The number of aliphatic hydroxyl groups excluding tert-OH is 1. The van der Waals surface area contributed by atoms with E-state index in [0.717, 1.165) is 33.7 Å². The zero-order valence-electron chi connectivity index (χ0n) is 24.2. The number of methoxy groups -OCH3 is 1. The summed E-state index contributed by atoms with van der Waals surface area (Å²) in [6.07, 6.45) is 0.240. The lowest BCUT2D eigenvalue weighted by Crippen LogP contribution is -2.42. The standard InChI is InChI=1S/C35H36N4O4/c1-43-28-19-16-26(17-20-28)24-39(22-9-23-40)30-15-8-14-29-32(27-12-6-3-7-13-27)37-34(35(42)38-33(29)30)36-31(41)21-18-25-10-4-2-5-11-25/h2-8,10-17,19-20,34,40H,9,18,21-24H2,1H3,(H,36,41)(H,38,42). The van der Waals surface area contributed by atoms with E-state index in [1.807, 2.05) is 103 Å². The van der Waals surface area contributed by atoms with Crippen molar-refractivity contribution in [1.29, 1.82) is 0 Å². The number of rotatable bonds is 12. The van der Waals surface area contributed by atoms with Crippen molar-refractivity contribution in [1.82, 2.24) is 5.32 Å². The lowest BCUT2D eigenvalue weighted by Gasteiger charge is -2.28. The van der Waals surface area contributed by atoms with Crippen molar-refractivity contribution in [2.24, 2.45) is 4.99 Å². The second kappa shape index (κ2) is 14.3. The molecule has 0 bridgehead atoms. The Bertz CT molecular complexity index is 1560. The number of benzodiazepines with no additional fused rings is 1. The third-order valence-electron chi connectivity index (χ3n) is 7.34. The molecule has 0 aliphatic carbocycles. The number of aliphatic imine (C=N–C) groups is 1. The number of carbonyl (C=O) groups is 2. The molecule has 0 radical (unpaired) electrons. The van der Waals surface area contributed by atoms with Crippen molar-refractivity contribution in [2.75, 3.05) is 30.5 Å². The SMILES string of the molecule is COc1ccc(CN(CCCO)c2cccc3c2NC(=O)C(NC(=O)CCc2ccccc2)N=C3c2ccccc2)cc1. The highest BCUT2D eigenvalue weighted by Crippen LogP contribution is 2.35. The lowest BCUT2D eigenvalue weighted by atomic mass is 9.99. The lowest BCUT2D eigenvalue weighted by molar-refractivity contribution is -0.126. The summed E-state index contributed by atoms with van der Waals surface area (Å²) in [5.74, 6) is 0.0988. The van der Waals surface area contributed by atoms with Gasteiger partial charge in [-0.15, -0.1) is 0 Å². The number of aliphatic hydroxyl groups is 1. The Morgan fingerprint density at radius 1 is 0.930 bits per heavy atom. The van der Waals surface area contributed by atoms with Gasteiger partial charge in [-0.3, -0.25) is 9.59 Å². The Hall–Kier alpha value is -4.95. The van der Waals surface area contributed by atoms with E-state index in [1.54, 1.807) is 7.11 Å². The van der Waals surface area contributed by atoms with E-state index >= 15 is 0 Å². The molecule has 0 aromatic heterocycles. The van der Waals surface area contributed by atoms with Gasteiger partial charge in [0, 0.05) is 37.2 Å². The molecule has 220 valence electrons. The number of fused-ring (bicyclic) bond motifs is 1. The van der Waals surface area contributed by atoms with Crippen LogP contribution in [0.2, 0.25) is 0 Å². The molecule has 1 heterocycles. The molecule has 8 nitrogen and oxygen atoms in total. The Labute approximate surface area is 252 Å². The van der Waals surface area contributed by atoms with Crippen LogP contribution in [0, 0.1) is 0 Å². The van der Waals surface area contributed by atoms with E-state index in [2.05, 4.69) is 15.5 Å². The first-order chi connectivity index (χ1) is 21.1. The third-order valence-corrected chi connectivity index (χ3v) is 7.34. The average Bonchev–Trinajstić information content (AvgIpc) is 3.19. The summed E-state index contributed by atoms with van der Waals surface area (Å²) in [5.41, 5.74) is 5.71. The summed E-state index contributed by atoms with van der Waals surface area (Å²) >= 11 is 0. The fraction of sp³-hybridized carbons (Fsp3) is 0.229. The Balaban J connectivity index is 1.48. The minimum Gasteiger partial charge on any atom is -0.497 e. The molecular formula is C35H36N4O4. The van der Waals surface area contributed by atoms with Gasteiger partial charge in [0.05, 0.1) is 24.2 Å². The highest BCUT2D eigenvalue weighted by atomic mass is 16.5. The average molecular weight is 577 g/mol. The molecule has 43 heavy (non-hydrogen) atoms. The summed E-state index contributed by atoms with van der Waals surface area (Å²) < 4.78 is 5.32. The highest BCUT2D eigenvalue weighted by Gasteiger charge is 2.29. The molecule has 0 saturated carbocycles. The molecular weight excluding hydrogens is 540 g/mol. The minimum absolute atomic E-state index is 0.0360. The fourth-order valence-electron chi connectivity index (χ4n) is 5.13. The number of benzene rings is 4. The summed E-state index contributed by atoms with van der Waals surface area (Å²) in [7, 11) is 1.63. The number of para-hydroxylation sites is 1. The molecule has 0 spiro atoms. The van der Waals surface area contributed by atoms with Crippen LogP contribution in [0.15, 0.2) is 108 Å². The van der Waals surface area contributed by atoms with Crippen molar-refractivity contribution < 1.29 is 19.4 Å². The van der Waals surface area contributed by atoms with Gasteiger partial charge in [-0.25, -0.2) is 4.99 Å². The number of nitrogens with one attached hydrogen (secondary N) is 2. The monoisotopic (exact) mass is 576 g/mol. The van der Waals surface area contributed by atoms with Crippen LogP contribution >= 0.6 is 0 Å². The normalized spacial score (nSPS) is 14.1. The van der Waals surface area contributed by atoms with Gasteiger partial charge < -0.3 is 25.4 Å². The maximum Gasteiger partial charge on any atom is 0.269 e. The van der Waals surface area contributed by atoms with Crippen molar-refractivity contribution in [2.45, 2.75) is 32.0 Å². The molecule has 8 heteroatoms. The quantitative estimate of drug-likeness (QED) is 0.222. The fourth-order valence-corrected chi connectivity index (χ4v) is 5.13. The van der Waals surface area contributed by atoms with E-state index in [-0.39, 0.29) is 18.9 Å². The van der Waals surface area contributed by atoms with Gasteiger partial charge in [0.25, 0.3) is 5.91 Å². The maximum atomic E-state index is 13.7. The van der Waals surface area contributed by atoms with Gasteiger partial charge in [0.2, 0.25) is 12.1 Å². The van der Waals surface area contributed by atoms with Gasteiger partial charge in [-0.2, -0.15) is 0 Å². The van der Waals surface area contributed by atoms with Crippen molar-refractivity contribution in [3.63, 3.8) is 0 Å². The molecule has 0 saturated heterocycles. The predicted octanol–water partition coefficient (Wildman–Crippen LogP) is 4.95. The zero-order chi connectivity index (χ0) is 30.0. The van der Waals surface area contributed by atoms with Gasteiger partial charge in [-0.05, 0) is 42.2 Å². The summed E-state index contributed by atoms with van der Waals surface area (Å²) in [6, 6.07) is 33.1. The van der Waals surface area contributed by atoms with Crippen molar-refractivity contribution in [3.8, 4) is 5.75 Å². The highest BCUT2D eigenvalue weighted by molar-refractivity contribution is 6.21. The first-order valence-corrected chi connectivity index (χ1v) is 14.4. The number of anilines is 2. The number of nitrogens with zero attached hydrogens (tertiary/aromatic N) is 2. The molecule has 1 unspecified atom stereocenters. The molecule has 4 aromatic carbocycles. The largest absolute Gasteiger partial charge is 0.497 e. The van der Waals surface area contributed by atoms with Crippen LogP contribution in [0.25, 0.3) is 0 Å². The topological polar surface area (TPSA) is 103 Å². The van der Waals surface area contributed by atoms with E-state index in [4.69, 9.17) is 9.73 Å². The first-order valence-electron chi connectivity index (χ1n) is 14.4. The molecule has 4 aromatic rings.